The fourth-order valence-corrected chi connectivity index (χ4v) is 4.08. The Bertz CT molecular complexity index is 461. The largest absolute Gasteiger partial charge is 0.308 e. The summed E-state index contributed by atoms with van der Waals surface area (Å²) in [5.74, 6) is 0.662. The highest BCUT2D eigenvalue weighted by molar-refractivity contribution is 5.03. The monoisotopic (exact) mass is 291 g/mol. The van der Waals surface area contributed by atoms with Crippen LogP contribution in [0.1, 0.15) is 51.6 Å². The van der Waals surface area contributed by atoms with Crippen LogP contribution in [0.3, 0.4) is 0 Å². The van der Waals surface area contributed by atoms with E-state index in [-0.39, 0.29) is 0 Å². The first kappa shape index (κ1) is 15.0. The molecule has 1 saturated carbocycles. The average Bonchev–Trinajstić information content (AvgIpc) is 2.85. The summed E-state index contributed by atoms with van der Waals surface area (Å²) in [6.07, 6.45) is 8.86. The minimum Gasteiger partial charge on any atom is -0.308 e. The van der Waals surface area contributed by atoms with Crippen LogP contribution in [0.15, 0.2) is 6.20 Å². The molecule has 21 heavy (non-hydrogen) atoms. The standard InChI is InChI=1S/C16H29N5/c1-13(2)15-9-17-16(7-5-4-6-8-16)12-21(15)11-14-10-20(3)19-18-14/h10,13,15,17H,4-9,11-12H2,1-3H3. The summed E-state index contributed by atoms with van der Waals surface area (Å²) in [6.45, 7) is 7.86. The van der Waals surface area contributed by atoms with E-state index in [1.807, 2.05) is 13.2 Å². The zero-order chi connectivity index (χ0) is 14.9. The Morgan fingerprint density at radius 3 is 2.71 bits per heavy atom. The Morgan fingerprint density at radius 1 is 1.33 bits per heavy atom. The van der Waals surface area contributed by atoms with Gasteiger partial charge in [-0.2, -0.15) is 0 Å². The van der Waals surface area contributed by atoms with Crippen molar-refractivity contribution in [2.45, 2.75) is 64.1 Å². The number of nitrogens with one attached hydrogen (secondary N) is 1. The second-order valence-electron chi connectivity index (χ2n) is 7.32. The lowest BCUT2D eigenvalue weighted by atomic mass is 9.78. The highest BCUT2D eigenvalue weighted by Crippen LogP contribution is 2.33. The van der Waals surface area contributed by atoms with Gasteiger partial charge in [0.15, 0.2) is 0 Å². The zero-order valence-electron chi connectivity index (χ0n) is 13.7. The first-order valence-electron chi connectivity index (χ1n) is 8.42. The van der Waals surface area contributed by atoms with Crippen LogP contribution in [0.2, 0.25) is 0 Å². The summed E-state index contributed by atoms with van der Waals surface area (Å²) < 4.78 is 1.80. The first-order chi connectivity index (χ1) is 10.1. The lowest BCUT2D eigenvalue weighted by molar-refractivity contribution is 0.0301. The van der Waals surface area contributed by atoms with E-state index in [2.05, 4.69) is 34.4 Å². The normalized spacial score (nSPS) is 26.6. The van der Waals surface area contributed by atoms with Crippen molar-refractivity contribution < 1.29 is 0 Å². The average molecular weight is 291 g/mol. The van der Waals surface area contributed by atoms with Gasteiger partial charge in [0.2, 0.25) is 0 Å². The predicted octanol–water partition coefficient (Wildman–Crippen LogP) is 1.95. The molecule has 1 aromatic heterocycles. The van der Waals surface area contributed by atoms with Gasteiger partial charge < -0.3 is 5.32 Å². The molecule has 1 spiro atoms. The number of hydrogen-bond acceptors (Lipinski definition) is 4. The van der Waals surface area contributed by atoms with Crippen LogP contribution in [-0.4, -0.2) is 44.6 Å². The fourth-order valence-electron chi connectivity index (χ4n) is 4.08. The Hall–Kier alpha value is -0.940. The van der Waals surface area contributed by atoms with E-state index in [4.69, 9.17) is 0 Å². The SMILES string of the molecule is CC(C)C1CNC2(CCCCC2)CN1Cc1cn(C)nn1. The third kappa shape index (κ3) is 3.29. The molecule has 5 nitrogen and oxygen atoms in total. The molecule has 2 heterocycles. The van der Waals surface area contributed by atoms with Gasteiger partial charge >= 0.3 is 0 Å². The first-order valence-corrected chi connectivity index (χ1v) is 8.42. The molecular formula is C16H29N5. The number of piperazine rings is 1. The molecule has 0 amide bonds. The van der Waals surface area contributed by atoms with Crippen molar-refractivity contribution in [3.05, 3.63) is 11.9 Å². The maximum absolute atomic E-state index is 4.29. The van der Waals surface area contributed by atoms with Gasteiger partial charge in [0.1, 0.15) is 0 Å². The molecule has 1 aromatic rings. The molecular weight excluding hydrogens is 262 g/mol. The second-order valence-corrected chi connectivity index (χ2v) is 7.32. The summed E-state index contributed by atoms with van der Waals surface area (Å²) in [5, 5.41) is 12.3. The van der Waals surface area contributed by atoms with Crippen LogP contribution in [0, 0.1) is 5.92 Å². The van der Waals surface area contributed by atoms with Gasteiger partial charge in [-0.1, -0.05) is 38.3 Å². The Labute approximate surface area is 128 Å². The molecule has 1 aliphatic carbocycles. The number of aromatic nitrogens is 3. The van der Waals surface area contributed by atoms with Gasteiger partial charge in [0, 0.05) is 44.5 Å². The number of aryl methyl sites for hydroxylation is 1. The Morgan fingerprint density at radius 2 is 2.10 bits per heavy atom. The molecule has 2 aliphatic rings. The van der Waals surface area contributed by atoms with Crippen LogP contribution < -0.4 is 5.32 Å². The van der Waals surface area contributed by atoms with Crippen molar-refractivity contribution >= 4 is 0 Å². The zero-order valence-corrected chi connectivity index (χ0v) is 13.7. The van der Waals surface area contributed by atoms with Crippen molar-refractivity contribution in [2.24, 2.45) is 13.0 Å². The van der Waals surface area contributed by atoms with E-state index in [1.165, 1.54) is 32.1 Å². The minimum atomic E-state index is 0.353. The van der Waals surface area contributed by atoms with E-state index in [0.29, 0.717) is 17.5 Å². The van der Waals surface area contributed by atoms with Crippen molar-refractivity contribution in [3.63, 3.8) is 0 Å². The maximum Gasteiger partial charge on any atom is 0.0967 e. The summed E-state index contributed by atoms with van der Waals surface area (Å²) in [5.41, 5.74) is 1.45. The van der Waals surface area contributed by atoms with Crippen molar-refractivity contribution in [1.29, 1.82) is 0 Å². The van der Waals surface area contributed by atoms with Crippen molar-refractivity contribution in [1.82, 2.24) is 25.2 Å². The highest BCUT2D eigenvalue weighted by Gasteiger charge is 2.40. The van der Waals surface area contributed by atoms with E-state index in [1.54, 1.807) is 4.68 Å². The van der Waals surface area contributed by atoms with E-state index in [9.17, 15) is 0 Å². The molecule has 1 unspecified atom stereocenters. The molecule has 1 aliphatic heterocycles. The van der Waals surface area contributed by atoms with Crippen LogP contribution >= 0.6 is 0 Å². The lowest BCUT2D eigenvalue weighted by Gasteiger charge is -2.50. The molecule has 1 saturated heterocycles. The van der Waals surface area contributed by atoms with Crippen LogP contribution in [0.4, 0.5) is 0 Å². The molecule has 0 radical (unpaired) electrons. The second kappa shape index (κ2) is 6.05. The summed E-state index contributed by atoms with van der Waals surface area (Å²) in [7, 11) is 1.94. The fraction of sp³-hybridized carbons (Fsp3) is 0.875. The minimum absolute atomic E-state index is 0.353. The maximum atomic E-state index is 4.29. The number of nitrogens with zero attached hydrogens (tertiary/aromatic N) is 4. The van der Waals surface area contributed by atoms with Gasteiger partial charge in [-0.25, -0.2) is 0 Å². The Balaban J connectivity index is 1.74. The van der Waals surface area contributed by atoms with Gasteiger partial charge in [0.25, 0.3) is 0 Å². The van der Waals surface area contributed by atoms with E-state index >= 15 is 0 Å². The van der Waals surface area contributed by atoms with Gasteiger partial charge in [-0.15, -0.1) is 5.10 Å². The lowest BCUT2D eigenvalue weighted by Crippen LogP contribution is -2.65. The van der Waals surface area contributed by atoms with Crippen LogP contribution in [0.25, 0.3) is 0 Å². The quantitative estimate of drug-likeness (QED) is 0.924. The van der Waals surface area contributed by atoms with Crippen molar-refractivity contribution in [2.75, 3.05) is 13.1 Å². The van der Waals surface area contributed by atoms with Crippen molar-refractivity contribution in [3.8, 4) is 0 Å². The van der Waals surface area contributed by atoms with E-state index in [0.717, 1.165) is 25.3 Å². The van der Waals surface area contributed by atoms with Gasteiger partial charge in [-0.05, 0) is 18.8 Å². The Kier molecular flexibility index (Phi) is 4.31. The molecule has 2 fully saturated rings. The van der Waals surface area contributed by atoms with E-state index < -0.39 is 0 Å². The van der Waals surface area contributed by atoms with Crippen LogP contribution in [0.5, 0.6) is 0 Å². The molecule has 0 bridgehead atoms. The third-order valence-corrected chi connectivity index (χ3v) is 5.26. The summed E-state index contributed by atoms with van der Waals surface area (Å²) in [4.78, 5) is 2.65. The number of hydrogen-bond donors (Lipinski definition) is 1. The molecule has 118 valence electrons. The molecule has 0 aromatic carbocycles. The molecule has 1 N–H and O–H groups in total. The molecule has 1 atom stereocenters. The molecule has 5 heteroatoms. The predicted molar refractivity (Wildman–Crippen MR) is 83.9 cm³/mol. The summed E-state index contributed by atoms with van der Waals surface area (Å²) in [6, 6.07) is 0.597. The van der Waals surface area contributed by atoms with Gasteiger partial charge in [0.05, 0.1) is 5.69 Å². The summed E-state index contributed by atoms with van der Waals surface area (Å²) >= 11 is 0. The third-order valence-electron chi connectivity index (χ3n) is 5.26. The smallest absolute Gasteiger partial charge is 0.0967 e. The highest BCUT2D eigenvalue weighted by atomic mass is 15.4. The van der Waals surface area contributed by atoms with Gasteiger partial charge in [-0.3, -0.25) is 9.58 Å². The molecule has 3 rings (SSSR count). The topological polar surface area (TPSA) is 46.0 Å². The number of rotatable bonds is 3. The van der Waals surface area contributed by atoms with Crippen LogP contribution in [-0.2, 0) is 13.6 Å².